The molecule has 0 aromatic heterocycles. The standard InChI is InChI=1S/C9H11ClN4/c1-6(13-14-9(11)12)7-2-4-8(10)5-3-7/h2-5H,1H3,(H4,11,12,14)/b13-6-. The molecule has 0 saturated heterocycles. The smallest absolute Gasteiger partial charge is 0.211 e. The molecule has 14 heavy (non-hydrogen) atoms. The highest BCUT2D eigenvalue weighted by Gasteiger charge is 1.96. The minimum Gasteiger partial charge on any atom is -0.369 e. The first-order valence-electron chi connectivity index (χ1n) is 3.98. The summed E-state index contributed by atoms with van der Waals surface area (Å²) in [6.07, 6.45) is 0. The zero-order valence-corrected chi connectivity index (χ0v) is 8.49. The van der Waals surface area contributed by atoms with E-state index in [0.717, 1.165) is 11.3 Å². The van der Waals surface area contributed by atoms with Crippen molar-refractivity contribution < 1.29 is 0 Å². The number of hydrogen-bond donors (Lipinski definition) is 2. The third kappa shape index (κ3) is 3.06. The van der Waals surface area contributed by atoms with E-state index >= 15 is 0 Å². The molecule has 1 aromatic rings. The molecular weight excluding hydrogens is 200 g/mol. The fourth-order valence-electron chi connectivity index (χ4n) is 0.882. The molecule has 4 N–H and O–H groups in total. The Bertz CT molecular complexity index is 363. The van der Waals surface area contributed by atoms with Gasteiger partial charge in [-0.3, -0.25) is 0 Å². The SMILES string of the molecule is C/C(=N/N=C(N)N)c1ccc(Cl)cc1. The minimum atomic E-state index is -0.0571. The fraction of sp³-hybridized carbons (Fsp3) is 0.111. The molecule has 0 aliphatic rings. The first-order chi connectivity index (χ1) is 6.59. The third-order valence-electron chi connectivity index (χ3n) is 1.58. The summed E-state index contributed by atoms with van der Waals surface area (Å²) < 4.78 is 0. The number of nitrogens with two attached hydrogens (primary N) is 2. The quantitative estimate of drug-likeness (QED) is 0.439. The molecule has 0 aliphatic carbocycles. The first-order valence-corrected chi connectivity index (χ1v) is 4.36. The van der Waals surface area contributed by atoms with E-state index in [1.807, 2.05) is 19.1 Å². The van der Waals surface area contributed by atoms with Crippen LogP contribution in [-0.2, 0) is 0 Å². The predicted molar refractivity (Wildman–Crippen MR) is 59.5 cm³/mol. The van der Waals surface area contributed by atoms with Crippen molar-refractivity contribution in [2.45, 2.75) is 6.92 Å². The second-order valence-corrected chi connectivity index (χ2v) is 3.15. The highest BCUT2D eigenvalue weighted by Crippen LogP contribution is 2.10. The van der Waals surface area contributed by atoms with Crippen LogP contribution in [0.5, 0.6) is 0 Å². The van der Waals surface area contributed by atoms with Crippen LogP contribution in [0, 0.1) is 0 Å². The van der Waals surface area contributed by atoms with Gasteiger partial charge in [-0.05, 0) is 24.6 Å². The Balaban J connectivity index is 2.89. The van der Waals surface area contributed by atoms with Gasteiger partial charge in [0.05, 0.1) is 5.71 Å². The van der Waals surface area contributed by atoms with Gasteiger partial charge in [-0.15, -0.1) is 5.10 Å². The third-order valence-corrected chi connectivity index (χ3v) is 1.83. The lowest BCUT2D eigenvalue weighted by Crippen LogP contribution is -2.22. The molecule has 0 unspecified atom stereocenters. The molecule has 0 atom stereocenters. The zero-order chi connectivity index (χ0) is 10.6. The maximum absolute atomic E-state index is 5.74. The van der Waals surface area contributed by atoms with Gasteiger partial charge in [-0.1, -0.05) is 23.7 Å². The normalized spacial score (nSPS) is 11.1. The van der Waals surface area contributed by atoms with Gasteiger partial charge in [0.25, 0.3) is 0 Å². The Morgan fingerprint density at radius 3 is 2.21 bits per heavy atom. The van der Waals surface area contributed by atoms with Crippen molar-refractivity contribution >= 4 is 23.3 Å². The first kappa shape index (κ1) is 10.5. The van der Waals surface area contributed by atoms with E-state index in [1.54, 1.807) is 12.1 Å². The Morgan fingerprint density at radius 2 is 1.71 bits per heavy atom. The van der Waals surface area contributed by atoms with Crippen LogP contribution >= 0.6 is 11.6 Å². The zero-order valence-electron chi connectivity index (χ0n) is 7.74. The predicted octanol–water partition coefficient (Wildman–Crippen LogP) is 1.34. The maximum atomic E-state index is 5.74. The fourth-order valence-corrected chi connectivity index (χ4v) is 1.01. The van der Waals surface area contributed by atoms with Crippen LogP contribution < -0.4 is 11.5 Å². The van der Waals surface area contributed by atoms with E-state index in [-0.39, 0.29) is 5.96 Å². The number of guanidine groups is 1. The van der Waals surface area contributed by atoms with Gasteiger partial charge in [0.2, 0.25) is 5.96 Å². The summed E-state index contributed by atoms with van der Waals surface area (Å²) in [5, 5.41) is 8.07. The van der Waals surface area contributed by atoms with Gasteiger partial charge < -0.3 is 11.5 Å². The molecule has 0 spiro atoms. The van der Waals surface area contributed by atoms with Crippen molar-refractivity contribution in [3.8, 4) is 0 Å². The van der Waals surface area contributed by atoms with E-state index in [4.69, 9.17) is 23.1 Å². The summed E-state index contributed by atoms with van der Waals surface area (Å²) in [7, 11) is 0. The number of hydrogen-bond acceptors (Lipinski definition) is 2. The molecule has 0 saturated carbocycles. The second-order valence-electron chi connectivity index (χ2n) is 2.72. The average Bonchev–Trinajstić information content (AvgIpc) is 2.15. The number of benzene rings is 1. The molecule has 0 amide bonds. The molecule has 5 heteroatoms. The maximum Gasteiger partial charge on any atom is 0.211 e. The van der Waals surface area contributed by atoms with Crippen molar-refractivity contribution in [1.29, 1.82) is 0 Å². The van der Waals surface area contributed by atoms with E-state index in [9.17, 15) is 0 Å². The van der Waals surface area contributed by atoms with Crippen LogP contribution in [0.25, 0.3) is 0 Å². The summed E-state index contributed by atoms with van der Waals surface area (Å²) >= 11 is 5.74. The summed E-state index contributed by atoms with van der Waals surface area (Å²) in [4.78, 5) is 0. The van der Waals surface area contributed by atoms with Crippen LogP contribution in [0.4, 0.5) is 0 Å². The van der Waals surface area contributed by atoms with Crippen molar-refractivity contribution in [1.82, 2.24) is 0 Å². The Labute approximate surface area is 87.3 Å². The molecule has 0 heterocycles. The summed E-state index contributed by atoms with van der Waals surface area (Å²) in [5.74, 6) is -0.0571. The van der Waals surface area contributed by atoms with Gasteiger partial charge >= 0.3 is 0 Å². The molecular formula is C9H11ClN4. The second kappa shape index (κ2) is 4.62. The monoisotopic (exact) mass is 210 g/mol. The summed E-state index contributed by atoms with van der Waals surface area (Å²) in [6, 6.07) is 7.27. The lowest BCUT2D eigenvalue weighted by atomic mass is 10.1. The Kier molecular flexibility index (Phi) is 3.48. The topological polar surface area (TPSA) is 76.8 Å². The molecule has 0 fully saturated rings. The molecule has 1 rings (SSSR count). The van der Waals surface area contributed by atoms with Gasteiger partial charge in [-0.2, -0.15) is 5.10 Å². The van der Waals surface area contributed by atoms with E-state index in [1.165, 1.54) is 0 Å². The lowest BCUT2D eigenvalue weighted by molar-refractivity contribution is 1.20. The van der Waals surface area contributed by atoms with Crippen LogP contribution in [0.15, 0.2) is 34.5 Å². The molecule has 0 radical (unpaired) electrons. The number of nitrogens with zero attached hydrogens (tertiary/aromatic N) is 2. The van der Waals surface area contributed by atoms with Crippen LogP contribution in [0.2, 0.25) is 5.02 Å². The summed E-state index contributed by atoms with van der Waals surface area (Å²) in [6.45, 7) is 1.82. The highest BCUT2D eigenvalue weighted by molar-refractivity contribution is 6.30. The Morgan fingerprint density at radius 1 is 1.14 bits per heavy atom. The molecule has 4 nitrogen and oxygen atoms in total. The van der Waals surface area contributed by atoms with Crippen molar-refractivity contribution in [2.24, 2.45) is 21.7 Å². The minimum absolute atomic E-state index is 0.0571. The van der Waals surface area contributed by atoms with Gasteiger partial charge in [0.1, 0.15) is 0 Å². The number of halogens is 1. The van der Waals surface area contributed by atoms with Gasteiger partial charge in [0, 0.05) is 5.02 Å². The summed E-state index contributed by atoms with van der Waals surface area (Å²) in [5.41, 5.74) is 11.9. The van der Waals surface area contributed by atoms with E-state index in [0.29, 0.717) is 5.02 Å². The lowest BCUT2D eigenvalue weighted by Gasteiger charge is -1.98. The molecule has 0 bridgehead atoms. The largest absolute Gasteiger partial charge is 0.369 e. The molecule has 74 valence electrons. The van der Waals surface area contributed by atoms with E-state index in [2.05, 4.69) is 10.2 Å². The average molecular weight is 211 g/mol. The molecule has 1 aromatic carbocycles. The van der Waals surface area contributed by atoms with Crippen molar-refractivity contribution in [2.75, 3.05) is 0 Å². The van der Waals surface area contributed by atoms with Crippen molar-refractivity contribution in [3.63, 3.8) is 0 Å². The van der Waals surface area contributed by atoms with E-state index < -0.39 is 0 Å². The Hall–Kier alpha value is -1.55. The molecule has 0 aliphatic heterocycles. The van der Waals surface area contributed by atoms with Gasteiger partial charge in [-0.25, -0.2) is 0 Å². The van der Waals surface area contributed by atoms with Crippen LogP contribution in [-0.4, -0.2) is 11.7 Å². The van der Waals surface area contributed by atoms with Gasteiger partial charge in [0.15, 0.2) is 0 Å². The number of rotatable bonds is 2. The highest BCUT2D eigenvalue weighted by atomic mass is 35.5. The van der Waals surface area contributed by atoms with Crippen LogP contribution in [0.3, 0.4) is 0 Å². The van der Waals surface area contributed by atoms with Crippen LogP contribution in [0.1, 0.15) is 12.5 Å². The van der Waals surface area contributed by atoms with Crippen molar-refractivity contribution in [3.05, 3.63) is 34.9 Å².